The van der Waals surface area contributed by atoms with Crippen LogP contribution in [-0.4, -0.2) is 18.2 Å². The SMILES string of the molecule is CCC(Oc1ccc(NC(=N)N)cc1Br)Oc1ccc(NC(=N)N)cc1Br. The zero-order valence-electron chi connectivity index (χ0n) is 14.5. The van der Waals surface area contributed by atoms with Crippen LogP contribution in [0, 0.1) is 10.8 Å². The number of nitrogens with one attached hydrogen (secondary N) is 4. The lowest BCUT2D eigenvalue weighted by Gasteiger charge is -2.21. The van der Waals surface area contributed by atoms with Crippen molar-refractivity contribution in [3.63, 3.8) is 0 Å². The number of nitrogens with two attached hydrogens (primary N) is 2. The Balaban J connectivity index is 2.09. The molecule has 0 unspecified atom stereocenters. The van der Waals surface area contributed by atoms with E-state index in [1.54, 1.807) is 36.4 Å². The summed E-state index contributed by atoms with van der Waals surface area (Å²) in [4.78, 5) is 0. The maximum atomic E-state index is 7.27. The van der Waals surface area contributed by atoms with Crippen LogP contribution in [0.15, 0.2) is 45.3 Å². The molecule has 2 aromatic carbocycles. The fourth-order valence-corrected chi connectivity index (χ4v) is 3.08. The lowest BCUT2D eigenvalue weighted by atomic mass is 10.3. The van der Waals surface area contributed by atoms with E-state index in [4.69, 9.17) is 31.8 Å². The lowest BCUT2D eigenvalue weighted by Crippen LogP contribution is -2.24. The number of benzene rings is 2. The summed E-state index contributed by atoms with van der Waals surface area (Å²) in [6.45, 7) is 1.95. The maximum Gasteiger partial charge on any atom is 0.241 e. The summed E-state index contributed by atoms with van der Waals surface area (Å²) >= 11 is 6.89. The Hall–Kier alpha value is -2.46. The number of halogens is 2. The first-order valence-electron chi connectivity index (χ1n) is 7.93. The second-order valence-electron chi connectivity index (χ2n) is 5.44. The first-order chi connectivity index (χ1) is 12.8. The van der Waals surface area contributed by atoms with E-state index >= 15 is 0 Å². The van der Waals surface area contributed by atoms with Gasteiger partial charge in [-0.2, -0.15) is 0 Å². The zero-order valence-corrected chi connectivity index (χ0v) is 17.6. The van der Waals surface area contributed by atoms with E-state index in [-0.39, 0.29) is 11.9 Å². The Kier molecular flexibility index (Phi) is 7.31. The van der Waals surface area contributed by atoms with Crippen molar-refractivity contribution in [2.75, 3.05) is 10.6 Å². The molecule has 0 aliphatic rings. The van der Waals surface area contributed by atoms with Gasteiger partial charge in [0.05, 0.1) is 8.95 Å². The summed E-state index contributed by atoms with van der Waals surface area (Å²) in [5, 5.41) is 20.0. The quantitative estimate of drug-likeness (QED) is 0.193. The van der Waals surface area contributed by atoms with Gasteiger partial charge >= 0.3 is 0 Å². The summed E-state index contributed by atoms with van der Waals surface area (Å²) in [7, 11) is 0. The number of hydrogen-bond donors (Lipinski definition) is 6. The van der Waals surface area contributed by atoms with Gasteiger partial charge in [-0.1, -0.05) is 6.92 Å². The highest BCUT2D eigenvalue weighted by atomic mass is 79.9. The van der Waals surface area contributed by atoms with Crippen molar-refractivity contribution >= 4 is 55.2 Å². The molecule has 0 saturated carbocycles. The third kappa shape index (κ3) is 6.33. The summed E-state index contributed by atoms with van der Waals surface area (Å²) < 4.78 is 13.3. The molecule has 8 nitrogen and oxygen atoms in total. The molecule has 0 spiro atoms. The Morgan fingerprint density at radius 1 is 0.926 bits per heavy atom. The molecule has 27 heavy (non-hydrogen) atoms. The van der Waals surface area contributed by atoms with E-state index in [1.165, 1.54) is 0 Å². The minimum absolute atomic E-state index is 0.141. The van der Waals surface area contributed by atoms with Crippen LogP contribution in [-0.2, 0) is 0 Å². The van der Waals surface area contributed by atoms with Crippen molar-refractivity contribution in [2.24, 2.45) is 11.5 Å². The van der Waals surface area contributed by atoms with Crippen LogP contribution in [0.3, 0.4) is 0 Å². The van der Waals surface area contributed by atoms with Crippen LogP contribution in [0.2, 0.25) is 0 Å². The fourth-order valence-electron chi connectivity index (χ4n) is 2.13. The van der Waals surface area contributed by atoms with Gasteiger partial charge in [0.1, 0.15) is 11.5 Å². The normalized spacial score (nSPS) is 11.4. The Morgan fingerprint density at radius 2 is 1.33 bits per heavy atom. The van der Waals surface area contributed by atoms with Gasteiger partial charge in [-0.25, -0.2) is 0 Å². The molecule has 2 aromatic rings. The van der Waals surface area contributed by atoms with Gasteiger partial charge in [0.15, 0.2) is 11.9 Å². The summed E-state index contributed by atoms with van der Waals surface area (Å²) in [5.41, 5.74) is 12.0. The number of rotatable bonds is 7. The second kappa shape index (κ2) is 9.47. The first-order valence-corrected chi connectivity index (χ1v) is 9.51. The van der Waals surface area contributed by atoms with Crippen molar-refractivity contribution in [2.45, 2.75) is 19.6 Å². The highest BCUT2D eigenvalue weighted by molar-refractivity contribution is 9.10. The van der Waals surface area contributed by atoms with Gasteiger partial charge in [-0.05, 0) is 68.3 Å². The number of guanidine groups is 2. The van der Waals surface area contributed by atoms with E-state index in [0.717, 1.165) is 0 Å². The molecular weight excluding hydrogens is 480 g/mol. The minimum atomic E-state index is -0.518. The van der Waals surface area contributed by atoms with Gasteiger partial charge < -0.3 is 31.6 Å². The highest BCUT2D eigenvalue weighted by Gasteiger charge is 2.15. The van der Waals surface area contributed by atoms with Gasteiger partial charge in [0, 0.05) is 17.8 Å². The molecule has 0 bridgehead atoms. The standard InChI is InChI=1S/C17H20Br2N6O2/c1-2-15(26-13-5-3-9(7-11(13)18)24-16(20)21)27-14-6-4-10(8-12(14)19)25-17(22)23/h3-8,15H,2H2,1H3,(H4,20,21,24)(H4,22,23,25). The van der Waals surface area contributed by atoms with E-state index in [1.807, 2.05) is 6.92 Å². The van der Waals surface area contributed by atoms with Crippen LogP contribution in [0.1, 0.15) is 13.3 Å². The molecule has 0 amide bonds. The van der Waals surface area contributed by atoms with Gasteiger partial charge in [0.25, 0.3) is 0 Å². The average molecular weight is 500 g/mol. The van der Waals surface area contributed by atoms with Crippen LogP contribution in [0.4, 0.5) is 11.4 Å². The van der Waals surface area contributed by atoms with E-state index in [9.17, 15) is 0 Å². The molecular formula is C17H20Br2N6O2. The molecule has 0 aliphatic carbocycles. The molecule has 0 saturated heterocycles. The van der Waals surface area contributed by atoms with E-state index in [2.05, 4.69) is 42.5 Å². The van der Waals surface area contributed by atoms with Crippen LogP contribution in [0.25, 0.3) is 0 Å². The van der Waals surface area contributed by atoms with Crippen molar-refractivity contribution < 1.29 is 9.47 Å². The van der Waals surface area contributed by atoms with Crippen molar-refractivity contribution in [1.82, 2.24) is 0 Å². The number of hydrogen-bond acceptors (Lipinski definition) is 4. The maximum absolute atomic E-state index is 7.27. The third-order valence-electron chi connectivity index (χ3n) is 3.27. The molecule has 10 heteroatoms. The predicted molar refractivity (Wildman–Crippen MR) is 115 cm³/mol. The Labute approximate surface area is 173 Å². The molecule has 0 radical (unpaired) electrons. The minimum Gasteiger partial charge on any atom is -0.454 e. The smallest absolute Gasteiger partial charge is 0.241 e. The third-order valence-corrected chi connectivity index (χ3v) is 4.51. The lowest BCUT2D eigenvalue weighted by molar-refractivity contribution is 0.00219. The van der Waals surface area contributed by atoms with Crippen LogP contribution in [0.5, 0.6) is 11.5 Å². The van der Waals surface area contributed by atoms with Gasteiger partial charge in [0.2, 0.25) is 6.29 Å². The second-order valence-corrected chi connectivity index (χ2v) is 7.15. The van der Waals surface area contributed by atoms with Crippen molar-refractivity contribution in [3.8, 4) is 11.5 Å². The molecule has 0 atom stereocenters. The van der Waals surface area contributed by atoms with Gasteiger partial charge in [-0.3, -0.25) is 10.8 Å². The molecule has 0 aromatic heterocycles. The summed E-state index contributed by atoms with van der Waals surface area (Å²) in [6.07, 6.45) is 0.0931. The molecule has 2 rings (SSSR count). The van der Waals surface area contributed by atoms with Crippen LogP contribution >= 0.6 is 31.9 Å². The molecule has 8 N–H and O–H groups in total. The van der Waals surface area contributed by atoms with Crippen molar-refractivity contribution in [1.29, 1.82) is 10.8 Å². The van der Waals surface area contributed by atoms with Gasteiger partial charge in [-0.15, -0.1) is 0 Å². The topological polar surface area (TPSA) is 142 Å². The average Bonchev–Trinajstić information content (AvgIpc) is 2.57. The molecule has 144 valence electrons. The Bertz CT molecular complexity index is 779. The fraction of sp³-hybridized carbons (Fsp3) is 0.176. The Morgan fingerprint density at radius 3 is 1.63 bits per heavy atom. The predicted octanol–water partition coefficient (Wildman–Crippen LogP) is 4.02. The van der Waals surface area contributed by atoms with Crippen LogP contribution < -0.4 is 31.6 Å². The highest BCUT2D eigenvalue weighted by Crippen LogP contribution is 2.32. The summed E-state index contributed by atoms with van der Waals surface area (Å²) in [5.74, 6) is 0.916. The molecule has 0 heterocycles. The van der Waals surface area contributed by atoms with Crippen molar-refractivity contribution in [3.05, 3.63) is 45.3 Å². The van der Waals surface area contributed by atoms with E-state index in [0.29, 0.717) is 38.2 Å². The monoisotopic (exact) mass is 498 g/mol. The van der Waals surface area contributed by atoms with E-state index < -0.39 is 6.29 Å². The number of ether oxygens (including phenoxy) is 2. The molecule has 0 fully saturated rings. The summed E-state index contributed by atoms with van der Waals surface area (Å²) in [6, 6.07) is 10.6. The first kappa shape index (κ1) is 20.8. The molecule has 0 aliphatic heterocycles. The zero-order chi connectivity index (χ0) is 20.0. The number of anilines is 2. The largest absolute Gasteiger partial charge is 0.454 e.